The maximum absolute atomic E-state index is 5.37. The highest BCUT2D eigenvalue weighted by Gasteiger charge is 2.28. The van der Waals surface area contributed by atoms with Crippen molar-refractivity contribution >= 4 is 10.9 Å². The minimum absolute atomic E-state index is 0.255. The van der Waals surface area contributed by atoms with Crippen molar-refractivity contribution < 1.29 is 4.74 Å². The van der Waals surface area contributed by atoms with Gasteiger partial charge in [0, 0.05) is 48.3 Å². The molecule has 1 aliphatic rings. The van der Waals surface area contributed by atoms with Gasteiger partial charge in [-0.05, 0) is 37.7 Å². The fourth-order valence-corrected chi connectivity index (χ4v) is 4.08. The molecule has 3 aromatic rings. The highest BCUT2D eigenvalue weighted by molar-refractivity contribution is 5.85. The number of nitrogens with zero attached hydrogens (tertiary/aromatic N) is 2. The normalized spacial score (nSPS) is 17.5. The first-order valence-electron chi connectivity index (χ1n) is 9.31. The summed E-state index contributed by atoms with van der Waals surface area (Å²) >= 11 is 0. The van der Waals surface area contributed by atoms with Crippen molar-refractivity contribution in [2.45, 2.75) is 13.0 Å². The first-order valence-corrected chi connectivity index (χ1v) is 9.31. The van der Waals surface area contributed by atoms with Crippen LogP contribution in [0.25, 0.3) is 10.9 Å². The zero-order valence-electron chi connectivity index (χ0n) is 15.8. The van der Waals surface area contributed by atoms with Gasteiger partial charge in [-0.1, -0.05) is 30.3 Å². The Hall–Kier alpha value is -2.30. The number of ether oxygens (including phenoxy) is 1. The number of aromatic amines is 1. The van der Waals surface area contributed by atoms with Crippen molar-refractivity contribution in [1.82, 2.24) is 14.8 Å². The molecule has 4 rings (SSSR count). The number of hydrogen-bond acceptors (Lipinski definition) is 3. The number of aromatic nitrogens is 1. The second kappa shape index (κ2) is 7.14. The summed E-state index contributed by atoms with van der Waals surface area (Å²) in [7, 11) is 3.92. The van der Waals surface area contributed by atoms with E-state index in [-0.39, 0.29) is 6.04 Å². The van der Waals surface area contributed by atoms with E-state index in [0.717, 1.165) is 31.9 Å². The predicted octanol–water partition coefficient (Wildman–Crippen LogP) is 3.82. The monoisotopic (exact) mass is 349 g/mol. The minimum atomic E-state index is 0.255. The molecule has 0 spiro atoms. The third-order valence-electron chi connectivity index (χ3n) is 5.55. The van der Waals surface area contributed by atoms with Crippen molar-refractivity contribution in [2.24, 2.45) is 0 Å². The molecule has 1 fully saturated rings. The number of methoxy groups -OCH3 is 1. The standard InChI is InChI=1S/C22H27N3O/c1-16-21(19-6-4-5-7-20(19)23-16)22(25-14-12-24(2)13-15-25)17-8-10-18(26-3)11-9-17/h4-11,22-23H,12-15H2,1-3H3. The van der Waals surface area contributed by atoms with E-state index in [4.69, 9.17) is 4.74 Å². The Morgan fingerprint density at radius 2 is 1.65 bits per heavy atom. The van der Waals surface area contributed by atoms with Crippen LogP contribution < -0.4 is 4.74 Å². The third kappa shape index (κ3) is 3.11. The van der Waals surface area contributed by atoms with Crippen LogP contribution in [0, 0.1) is 6.92 Å². The molecule has 1 saturated heterocycles. The molecule has 0 bridgehead atoms. The molecular formula is C22H27N3O. The van der Waals surface area contributed by atoms with Crippen LogP contribution >= 0.6 is 0 Å². The summed E-state index contributed by atoms with van der Waals surface area (Å²) in [4.78, 5) is 8.61. The van der Waals surface area contributed by atoms with Gasteiger partial charge >= 0.3 is 0 Å². The maximum atomic E-state index is 5.37. The summed E-state index contributed by atoms with van der Waals surface area (Å²) in [5.41, 5.74) is 5.19. The summed E-state index contributed by atoms with van der Waals surface area (Å²) in [5.74, 6) is 0.904. The zero-order valence-corrected chi connectivity index (χ0v) is 15.8. The highest BCUT2D eigenvalue weighted by Crippen LogP contribution is 2.37. The molecule has 1 atom stereocenters. The molecule has 2 aromatic carbocycles. The summed E-state index contributed by atoms with van der Waals surface area (Å²) in [6.07, 6.45) is 0. The van der Waals surface area contributed by atoms with Crippen molar-refractivity contribution in [3.05, 3.63) is 65.4 Å². The van der Waals surface area contributed by atoms with Crippen molar-refractivity contribution in [2.75, 3.05) is 40.3 Å². The second-order valence-electron chi connectivity index (χ2n) is 7.22. The van der Waals surface area contributed by atoms with E-state index < -0.39 is 0 Å². The summed E-state index contributed by atoms with van der Waals surface area (Å²) in [5, 5.41) is 1.32. The number of para-hydroxylation sites is 1. The van der Waals surface area contributed by atoms with Gasteiger partial charge in [-0.3, -0.25) is 4.90 Å². The molecule has 4 nitrogen and oxygen atoms in total. The summed E-state index contributed by atoms with van der Waals surface area (Å²) in [6, 6.07) is 17.5. The van der Waals surface area contributed by atoms with Crippen LogP contribution in [0.15, 0.2) is 48.5 Å². The van der Waals surface area contributed by atoms with Gasteiger partial charge in [-0.2, -0.15) is 0 Å². The maximum Gasteiger partial charge on any atom is 0.118 e. The van der Waals surface area contributed by atoms with Crippen LogP contribution in [0.4, 0.5) is 0 Å². The summed E-state index contributed by atoms with van der Waals surface area (Å²) < 4.78 is 5.37. The van der Waals surface area contributed by atoms with E-state index in [1.165, 1.54) is 27.7 Å². The number of fused-ring (bicyclic) bond motifs is 1. The van der Waals surface area contributed by atoms with E-state index in [9.17, 15) is 0 Å². The third-order valence-corrected chi connectivity index (χ3v) is 5.55. The molecule has 4 heteroatoms. The van der Waals surface area contributed by atoms with Gasteiger partial charge in [0.05, 0.1) is 13.2 Å². The number of hydrogen-bond donors (Lipinski definition) is 1. The number of H-pyrrole nitrogens is 1. The molecule has 26 heavy (non-hydrogen) atoms. The Morgan fingerprint density at radius 1 is 0.962 bits per heavy atom. The minimum Gasteiger partial charge on any atom is -0.497 e. The number of aryl methyl sites for hydroxylation is 1. The van der Waals surface area contributed by atoms with E-state index in [1.54, 1.807) is 7.11 Å². The zero-order chi connectivity index (χ0) is 18.1. The summed E-state index contributed by atoms with van der Waals surface area (Å²) in [6.45, 7) is 6.56. The Labute approximate surface area is 155 Å². The van der Waals surface area contributed by atoms with Gasteiger partial charge in [0.25, 0.3) is 0 Å². The molecule has 1 aliphatic heterocycles. The van der Waals surface area contributed by atoms with Crippen LogP contribution in [0.2, 0.25) is 0 Å². The van der Waals surface area contributed by atoms with E-state index in [1.807, 2.05) is 0 Å². The van der Waals surface area contributed by atoms with Crippen LogP contribution in [0.1, 0.15) is 22.9 Å². The Balaban J connectivity index is 1.82. The van der Waals surface area contributed by atoms with Crippen LogP contribution in [0.5, 0.6) is 5.75 Å². The van der Waals surface area contributed by atoms with E-state index in [0.29, 0.717) is 0 Å². The number of rotatable bonds is 4. The lowest BCUT2D eigenvalue weighted by Gasteiger charge is -2.38. The van der Waals surface area contributed by atoms with Crippen molar-refractivity contribution in [1.29, 1.82) is 0 Å². The average molecular weight is 349 g/mol. The number of likely N-dealkylation sites (N-methyl/N-ethyl adjacent to an activating group) is 1. The van der Waals surface area contributed by atoms with Crippen LogP contribution in [0.3, 0.4) is 0 Å². The fraction of sp³-hybridized carbons (Fsp3) is 0.364. The number of piperazine rings is 1. The lowest BCUT2D eigenvalue weighted by Crippen LogP contribution is -2.46. The first kappa shape index (κ1) is 17.1. The lowest BCUT2D eigenvalue weighted by atomic mass is 9.94. The van der Waals surface area contributed by atoms with Gasteiger partial charge in [0.2, 0.25) is 0 Å². The smallest absolute Gasteiger partial charge is 0.118 e. The van der Waals surface area contributed by atoms with Crippen molar-refractivity contribution in [3.8, 4) is 5.75 Å². The fourth-order valence-electron chi connectivity index (χ4n) is 4.08. The van der Waals surface area contributed by atoms with E-state index >= 15 is 0 Å². The van der Waals surface area contributed by atoms with Crippen LogP contribution in [-0.2, 0) is 0 Å². The van der Waals surface area contributed by atoms with Gasteiger partial charge in [0.1, 0.15) is 5.75 Å². The molecular weight excluding hydrogens is 322 g/mol. The van der Waals surface area contributed by atoms with Crippen LogP contribution in [-0.4, -0.2) is 55.1 Å². The van der Waals surface area contributed by atoms with E-state index in [2.05, 4.69) is 77.3 Å². The molecule has 1 unspecified atom stereocenters. The molecule has 1 N–H and O–H groups in total. The molecule has 136 valence electrons. The molecule has 0 saturated carbocycles. The Kier molecular flexibility index (Phi) is 4.70. The second-order valence-corrected chi connectivity index (χ2v) is 7.22. The van der Waals surface area contributed by atoms with Gasteiger partial charge in [0.15, 0.2) is 0 Å². The number of nitrogens with one attached hydrogen (secondary N) is 1. The average Bonchev–Trinajstić information content (AvgIpc) is 3.00. The molecule has 0 aliphatic carbocycles. The van der Waals surface area contributed by atoms with Gasteiger partial charge < -0.3 is 14.6 Å². The topological polar surface area (TPSA) is 31.5 Å². The Morgan fingerprint density at radius 3 is 2.35 bits per heavy atom. The van der Waals surface area contributed by atoms with Crippen molar-refractivity contribution in [3.63, 3.8) is 0 Å². The predicted molar refractivity (Wildman–Crippen MR) is 107 cm³/mol. The highest BCUT2D eigenvalue weighted by atomic mass is 16.5. The Bertz CT molecular complexity index is 876. The first-order chi connectivity index (χ1) is 12.7. The molecule has 0 radical (unpaired) electrons. The largest absolute Gasteiger partial charge is 0.497 e. The quantitative estimate of drug-likeness (QED) is 0.777. The molecule has 1 aromatic heterocycles. The SMILES string of the molecule is COc1ccc(C(c2c(C)[nH]c3ccccc23)N2CCN(C)CC2)cc1. The van der Waals surface area contributed by atoms with Gasteiger partial charge in [-0.25, -0.2) is 0 Å². The van der Waals surface area contributed by atoms with Gasteiger partial charge in [-0.15, -0.1) is 0 Å². The molecule has 2 heterocycles. The number of benzene rings is 2. The molecule has 0 amide bonds. The lowest BCUT2D eigenvalue weighted by molar-refractivity contribution is 0.127.